The maximum absolute atomic E-state index is 5.10. The molecule has 1 atom stereocenters. The van der Waals surface area contributed by atoms with Gasteiger partial charge in [0, 0.05) is 33.2 Å². The van der Waals surface area contributed by atoms with Crippen LogP contribution >= 0.6 is 0 Å². The van der Waals surface area contributed by atoms with Crippen LogP contribution in [0.25, 0.3) is 0 Å². The lowest BCUT2D eigenvalue weighted by Crippen LogP contribution is -2.47. The Morgan fingerprint density at radius 2 is 2.27 bits per heavy atom. The molecule has 0 spiro atoms. The number of aliphatic imine (C=N–C) groups is 1. The van der Waals surface area contributed by atoms with Gasteiger partial charge in [-0.2, -0.15) is 5.10 Å². The summed E-state index contributed by atoms with van der Waals surface area (Å²) in [6.07, 6.45) is 6.03. The third-order valence-electron chi connectivity index (χ3n) is 4.28. The molecule has 1 unspecified atom stereocenters. The molecule has 1 aromatic rings. The summed E-state index contributed by atoms with van der Waals surface area (Å²) in [5.74, 6) is 3.66. The van der Waals surface area contributed by atoms with E-state index in [0.717, 1.165) is 49.5 Å². The van der Waals surface area contributed by atoms with Gasteiger partial charge in [0.1, 0.15) is 12.4 Å². The summed E-state index contributed by atoms with van der Waals surface area (Å²) in [6.45, 7) is 2.31. The molecule has 1 aromatic heterocycles. The van der Waals surface area contributed by atoms with E-state index in [2.05, 4.69) is 25.7 Å². The Kier molecular flexibility index (Phi) is 4.92. The highest BCUT2D eigenvalue weighted by Gasteiger charge is 2.23. The van der Waals surface area contributed by atoms with Crippen molar-refractivity contribution in [2.45, 2.75) is 51.3 Å². The van der Waals surface area contributed by atoms with Crippen molar-refractivity contribution in [2.75, 3.05) is 20.7 Å². The molecular formula is C15H26N6O. The average Bonchev–Trinajstić information content (AvgIpc) is 3.25. The molecule has 2 N–H and O–H groups in total. The van der Waals surface area contributed by atoms with Gasteiger partial charge in [0.25, 0.3) is 0 Å². The summed E-state index contributed by atoms with van der Waals surface area (Å²) < 4.78 is 7.09. The van der Waals surface area contributed by atoms with E-state index in [4.69, 9.17) is 4.74 Å². The fraction of sp³-hybridized carbons (Fsp3) is 0.800. The van der Waals surface area contributed by atoms with Crippen molar-refractivity contribution < 1.29 is 4.74 Å². The van der Waals surface area contributed by atoms with E-state index in [9.17, 15) is 0 Å². The van der Waals surface area contributed by atoms with Crippen molar-refractivity contribution in [3.8, 4) is 0 Å². The molecule has 7 nitrogen and oxygen atoms in total. The maximum atomic E-state index is 5.10. The summed E-state index contributed by atoms with van der Waals surface area (Å²) in [6, 6.07) is 0.344. The van der Waals surface area contributed by atoms with Crippen LogP contribution in [0.1, 0.15) is 37.3 Å². The van der Waals surface area contributed by atoms with Crippen molar-refractivity contribution in [3.63, 3.8) is 0 Å². The van der Waals surface area contributed by atoms with Crippen LogP contribution < -0.4 is 10.6 Å². The lowest BCUT2D eigenvalue weighted by molar-refractivity contribution is 0.177. The molecule has 1 aliphatic carbocycles. The Hall–Kier alpha value is -1.63. The van der Waals surface area contributed by atoms with Gasteiger partial charge in [0.15, 0.2) is 11.8 Å². The van der Waals surface area contributed by atoms with E-state index in [-0.39, 0.29) is 0 Å². The summed E-state index contributed by atoms with van der Waals surface area (Å²) in [5, 5.41) is 11.4. The van der Waals surface area contributed by atoms with Crippen LogP contribution in [0, 0.1) is 5.92 Å². The number of nitrogens with one attached hydrogen (secondary N) is 2. The molecule has 0 aromatic carbocycles. The smallest absolute Gasteiger partial charge is 0.191 e. The van der Waals surface area contributed by atoms with E-state index in [1.165, 1.54) is 19.3 Å². The number of hydrogen-bond donors (Lipinski definition) is 2. The Bertz CT molecular complexity index is 522. The number of fused-ring (bicyclic) bond motifs is 1. The van der Waals surface area contributed by atoms with E-state index in [1.54, 1.807) is 7.11 Å². The van der Waals surface area contributed by atoms with Gasteiger partial charge in [0.2, 0.25) is 0 Å². The molecule has 3 rings (SSSR count). The first-order valence-electron chi connectivity index (χ1n) is 8.17. The molecule has 122 valence electrons. The zero-order chi connectivity index (χ0) is 15.4. The molecule has 7 heteroatoms. The van der Waals surface area contributed by atoms with Gasteiger partial charge in [-0.05, 0) is 18.8 Å². The number of nitrogens with zero attached hydrogens (tertiary/aromatic N) is 4. The summed E-state index contributed by atoms with van der Waals surface area (Å²) >= 11 is 0. The topological polar surface area (TPSA) is 76.4 Å². The highest BCUT2D eigenvalue weighted by Crippen LogP contribution is 2.31. The van der Waals surface area contributed by atoms with Crippen LogP contribution in [0.5, 0.6) is 0 Å². The first kappa shape index (κ1) is 15.3. The minimum absolute atomic E-state index is 0.344. The second-order valence-corrected chi connectivity index (χ2v) is 6.17. The predicted molar refractivity (Wildman–Crippen MR) is 84.7 cm³/mol. The highest BCUT2D eigenvalue weighted by molar-refractivity contribution is 5.79. The van der Waals surface area contributed by atoms with Crippen LogP contribution in [0.2, 0.25) is 0 Å². The fourth-order valence-corrected chi connectivity index (χ4v) is 2.86. The predicted octanol–water partition coefficient (Wildman–Crippen LogP) is 0.704. The van der Waals surface area contributed by atoms with Crippen LogP contribution in [0.15, 0.2) is 4.99 Å². The zero-order valence-electron chi connectivity index (χ0n) is 13.5. The zero-order valence-corrected chi connectivity index (χ0v) is 13.5. The standard InChI is InChI=1S/C15H26N6O/c1-16-15(17-8-7-11-3-4-11)18-12-5-6-14-19-13(10-22-2)20-21(14)9-12/h11-12H,3-10H2,1-2H3,(H2,16,17,18). The number of ether oxygens (including phenoxy) is 1. The second kappa shape index (κ2) is 7.09. The lowest BCUT2D eigenvalue weighted by atomic mass is 10.1. The highest BCUT2D eigenvalue weighted by atomic mass is 16.5. The van der Waals surface area contributed by atoms with E-state index < -0.39 is 0 Å². The molecule has 0 saturated heterocycles. The molecule has 1 fully saturated rings. The van der Waals surface area contributed by atoms with E-state index >= 15 is 0 Å². The second-order valence-electron chi connectivity index (χ2n) is 6.17. The Labute approximate surface area is 131 Å². The van der Waals surface area contributed by atoms with Gasteiger partial charge < -0.3 is 15.4 Å². The molecule has 0 radical (unpaired) electrons. The molecule has 1 aliphatic heterocycles. The van der Waals surface area contributed by atoms with E-state index in [0.29, 0.717) is 12.6 Å². The van der Waals surface area contributed by atoms with Crippen LogP contribution in [0.4, 0.5) is 0 Å². The number of aryl methyl sites for hydroxylation is 1. The van der Waals surface area contributed by atoms with Crippen LogP contribution in [0.3, 0.4) is 0 Å². The van der Waals surface area contributed by atoms with Gasteiger partial charge in [-0.1, -0.05) is 12.8 Å². The molecule has 22 heavy (non-hydrogen) atoms. The molecule has 0 amide bonds. The number of hydrogen-bond acceptors (Lipinski definition) is 4. The first-order valence-corrected chi connectivity index (χ1v) is 8.17. The van der Waals surface area contributed by atoms with Crippen molar-refractivity contribution >= 4 is 5.96 Å². The van der Waals surface area contributed by atoms with Gasteiger partial charge in [-0.25, -0.2) is 9.67 Å². The molecule has 1 saturated carbocycles. The number of aromatic nitrogens is 3. The summed E-state index contributed by atoms with van der Waals surface area (Å²) in [4.78, 5) is 8.82. The van der Waals surface area contributed by atoms with Crippen molar-refractivity contribution in [1.82, 2.24) is 25.4 Å². The molecule has 2 heterocycles. The molecular weight excluding hydrogens is 280 g/mol. The number of rotatable bonds is 6. The van der Waals surface area contributed by atoms with Gasteiger partial charge in [0.05, 0.1) is 6.54 Å². The first-order chi connectivity index (χ1) is 10.8. The third-order valence-corrected chi connectivity index (χ3v) is 4.28. The SMILES string of the molecule is CN=C(NCCC1CC1)NC1CCc2nc(COC)nn2C1. The van der Waals surface area contributed by atoms with Crippen molar-refractivity contribution in [1.29, 1.82) is 0 Å². The maximum Gasteiger partial charge on any atom is 0.191 e. The minimum Gasteiger partial charge on any atom is -0.377 e. The monoisotopic (exact) mass is 306 g/mol. The van der Waals surface area contributed by atoms with Crippen molar-refractivity contribution in [2.24, 2.45) is 10.9 Å². The normalized spacial score (nSPS) is 21.5. The van der Waals surface area contributed by atoms with Crippen molar-refractivity contribution in [3.05, 3.63) is 11.6 Å². The van der Waals surface area contributed by atoms with Crippen LogP contribution in [-0.2, 0) is 24.3 Å². The van der Waals surface area contributed by atoms with Gasteiger partial charge >= 0.3 is 0 Å². The van der Waals surface area contributed by atoms with E-state index in [1.807, 2.05) is 11.7 Å². The van der Waals surface area contributed by atoms with Gasteiger partial charge in [-0.3, -0.25) is 4.99 Å². The lowest BCUT2D eigenvalue weighted by Gasteiger charge is -2.25. The number of guanidine groups is 1. The Morgan fingerprint density at radius 3 is 3.00 bits per heavy atom. The average molecular weight is 306 g/mol. The Morgan fingerprint density at radius 1 is 1.41 bits per heavy atom. The largest absolute Gasteiger partial charge is 0.377 e. The Balaban J connectivity index is 1.49. The fourth-order valence-electron chi connectivity index (χ4n) is 2.86. The minimum atomic E-state index is 0.344. The van der Waals surface area contributed by atoms with Crippen LogP contribution in [-0.4, -0.2) is 47.5 Å². The molecule has 0 bridgehead atoms. The quantitative estimate of drug-likeness (QED) is 0.598. The molecule has 2 aliphatic rings. The number of methoxy groups -OCH3 is 1. The summed E-state index contributed by atoms with van der Waals surface area (Å²) in [7, 11) is 3.49. The third kappa shape index (κ3) is 3.97. The summed E-state index contributed by atoms with van der Waals surface area (Å²) in [5.41, 5.74) is 0. The van der Waals surface area contributed by atoms with Gasteiger partial charge in [-0.15, -0.1) is 0 Å².